The van der Waals surface area contributed by atoms with Crippen molar-refractivity contribution < 1.29 is 14.3 Å². The van der Waals surface area contributed by atoms with Gasteiger partial charge in [-0.1, -0.05) is 17.4 Å². The summed E-state index contributed by atoms with van der Waals surface area (Å²) in [5, 5.41) is 3.34. The maximum atomic E-state index is 12.7. The highest BCUT2D eigenvalue weighted by Crippen LogP contribution is 2.33. The zero-order valence-electron chi connectivity index (χ0n) is 13.9. The lowest BCUT2D eigenvalue weighted by atomic mass is 9.94. The SMILES string of the molecule is COc1cccc2sc(NC(=O)c3[nH]c4c(c3C)C(=O)CCC4)nc12. The number of hydrogen-bond acceptors (Lipinski definition) is 5. The molecule has 0 bridgehead atoms. The van der Waals surface area contributed by atoms with Crippen LogP contribution in [0.5, 0.6) is 5.75 Å². The van der Waals surface area contributed by atoms with Crippen LogP contribution in [-0.4, -0.2) is 28.8 Å². The number of carbonyl (C=O) groups is 2. The van der Waals surface area contributed by atoms with Gasteiger partial charge >= 0.3 is 0 Å². The predicted octanol–water partition coefficient (Wildman–Crippen LogP) is 3.71. The van der Waals surface area contributed by atoms with Crippen LogP contribution in [-0.2, 0) is 6.42 Å². The van der Waals surface area contributed by atoms with Crippen LogP contribution in [0.25, 0.3) is 10.2 Å². The fourth-order valence-corrected chi connectivity index (χ4v) is 4.18. The number of hydrogen-bond donors (Lipinski definition) is 2. The largest absolute Gasteiger partial charge is 0.494 e. The first-order valence-corrected chi connectivity index (χ1v) is 8.89. The molecule has 128 valence electrons. The number of ether oxygens (including phenoxy) is 1. The molecule has 0 unspecified atom stereocenters. The number of aryl methyl sites for hydroxylation is 1. The van der Waals surface area contributed by atoms with Crippen molar-refractivity contribution in [1.82, 2.24) is 9.97 Å². The molecule has 1 aromatic carbocycles. The number of amides is 1. The zero-order chi connectivity index (χ0) is 17.6. The molecular formula is C18H17N3O3S. The van der Waals surface area contributed by atoms with Crippen LogP contribution in [0.3, 0.4) is 0 Å². The fourth-order valence-electron chi connectivity index (χ4n) is 3.30. The topological polar surface area (TPSA) is 84.1 Å². The standard InChI is InChI=1S/C18H17N3O3S/c1-9-14-10(5-3-6-11(14)22)19-15(9)17(23)21-18-20-16-12(24-2)7-4-8-13(16)25-18/h4,7-8,19H,3,5-6H2,1-2H3,(H,20,21,23). The average Bonchev–Trinajstić information content (AvgIpc) is 3.16. The van der Waals surface area contributed by atoms with Gasteiger partial charge in [-0.2, -0.15) is 0 Å². The van der Waals surface area contributed by atoms with Crippen molar-refractivity contribution in [3.63, 3.8) is 0 Å². The van der Waals surface area contributed by atoms with E-state index in [2.05, 4.69) is 15.3 Å². The monoisotopic (exact) mass is 355 g/mol. The summed E-state index contributed by atoms with van der Waals surface area (Å²) in [7, 11) is 1.59. The molecule has 3 aromatic rings. The fraction of sp³-hybridized carbons (Fsp3) is 0.278. The Morgan fingerprint density at radius 3 is 2.96 bits per heavy atom. The third-order valence-electron chi connectivity index (χ3n) is 4.49. The molecule has 0 spiro atoms. The van der Waals surface area contributed by atoms with E-state index in [4.69, 9.17) is 4.74 Å². The number of carbonyl (C=O) groups excluding carboxylic acids is 2. The Morgan fingerprint density at radius 1 is 1.36 bits per heavy atom. The number of para-hydroxylation sites is 1. The Morgan fingerprint density at radius 2 is 2.20 bits per heavy atom. The minimum Gasteiger partial charge on any atom is -0.494 e. The van der Waals surface area contributed by atoms with E-state index in [0.29, 0.717) is 28.6 Å². The van der Waals surface area contributed by atoms with Gasteiger partial charge in [-0.25, -0.2) is 4.98 Å². The Balaban J connectivity index is 1.66. The normalized spacial score (nSPS) is 13.8. The second-order valence-corrected chi connectivity index (χ2v) is 7.07. The molecule has 0 fully saturated rings. The summed E-state index contributed by atoms with van der Waals surface area (Å²) in [6, 6.07) is 5.66. The molecule has 0 radical (unpaired) electrons. The number of benzene rings is 1. The van der Waals surface area contributed by atoms with Crippen molar-refractivity contribution >= 4 is 38.4 Å². The molecule has 0 atom stereocenters. The number of aromatic amines is 1. The summed E-state index contributed by atoms with van der Waals surface area (Å²) in [5.74, 6) is 0.503. The Bertz CT molecular complexity index is 1000. The number of H-pyrrole nitrogens is 1. The summed E-state index contributed by atoms with van der Waals surface area (Å²) in [6.45, 7) is 1.81. The molecule has 0 saturated carbocycles. The van der Waals surface area contributed by atoms with Crippen molar-refractivity contribution in [1.29, 1.82) is 0 Å². The van der Waals surface area contributed by atoms with E-state index < -0.39 is 0 Å². The number of thiazole rings is 1. The first-order chi connectivity index (χ1) is 12.1. The Kier molecular flexibility index (Phi) is 3.80. The number of aromatic nitrogens is 2. The highest BCUT2D eigenvalue weighted by atomic mass is 32.1. The van der Waals surface area contributed by atoms with Gasteiger partial charge in [-0.15, -0.1) is 0 Å². The molecule has 0 saturated heterocycles. The number of nitrogens with zero attached hydrogens (tertiary/aromatic N) is 1. The smallest absolute Gasteiger partial charge is 0.274 e. The molecule has 1 amide bonds. The van der Waals surface area contributed by atoms with Gasteiger partial charge < -0.3 is 9.72 Å². The quantitative estimate of drug-likeness (QED) is 0.750. The number of nitrogens with one attached hydrogen (secondary N) is 2. The van der Waals surface area contributed by atoms with Gasteiger partial charge in [0.15, 0.2) is 10.9 Å². The Labute approximate surface area is 148 Å². The summed E-state index contributed by atoms with van der Waals surface area (Å²) in [5.41, 5.74) is 3.43. The summed E-state index contributed by atoms with van der Waals surface area (Å²) in [6.07, 6.45) is 2.17. The van der Waals surface area contributed by atoms with Gasteiger partial charge in [-0.05, 0) is 37.5 Å². The Hall–Kier alpha value is -2.67. The lowest BCUT2D eigenvalue weighted by molar-refractivity contribution is 0.0971. The van der Waals surface area contributed by atoms with E-state index in [0.717, 1.165) is 34.3 Å². The highest BCUT2D eigenvalue weighted by Gasteiger charge is 2.26. The van der Waals surface area contributed by atoms with E-state index in [1.807, 2.05) is 25.1 Å². The van der Waals surface area contributed by atoms with E-state index in [-0.39, 0.29) is 11.7 Å². The van der Waals surface area contributed by atoms with Gasteiger partial charge in [0.2, 0.25) is 0 Å². The van der Waals surface area contributed by atoms with Crippen molar-refractivity contribution in [2.75, 3.05) is 12.4 Å². The van der Waals surface area contributed by atoms with E-state index in [1.54, 1.807) is 7.11 Å². The molecule has 25 heavy (non-hydrogen) atoms. The van der Waals surface area contributed by atoms with Crippen molar-refractivity contribution in [3.05, 3.63) is 40.7 Å². The molecule has 7 heteroatoms. The van der Waals surface area contributed by atoms with Crippen molar-refractivity contribution in [2.45, 2.75) is 26.2 Å². The van der Waals surface area contributed by atoms with E-state index in [1.165, 1.54) is 11.3 Å². The van der Waals surface area contributed by atoms with Gasteiger partial charge in [-0.3, -0.25) is 14.9 Å². The molecule has 0 aliphatic heterocycles. The van der Waals surface area contributed by atoms with Crippen LogP contribution in [0.1, 0.15) is 44.9 Å². The van der Waals surface area contributed by atoms with Crippen LogP contribution in [0, 0.1) is 6.92 Å². The van der Waals surface area contributed by atoms with Gasteiger partial charge in [0, 0.05) is 17.7 Å². The number of methoxy groups -OCH3 is 1. The molecule has 1 aliphatic carbocycles. The third-order valence-corrected chi connectivity index (χ3v) is 5.42. The summed E-state index contributed by atoms with van der Waals surface area (Å²) >= 11 is 1.39. The minimum atomic E-state index is -0.280. The molecule has 2 aromatic heterocycles. The molecular weight excluding hydrogens is 338 g/mol. The lowest BCUT2D eigenvalue weighted by Crippen LogP contribution is -2.13. The number of rotatable bonds is 3. The van der Waals surface area contributed by atoms with Crippen molar-refractivity contribution in [3.8, 4) is 5.75 Å². The van der Waals surface area contributed by atoms with Crippen molar-refractivity contribution in [2.24, 2.45) is 0 Å². The number of Topliss-reactive ketones (excluding diaryl/α,β-unsaturated/α-hetero) is 1. The molecule has 4 rings (SSSR count). The van der Waals surface area contributed by atoms with Crippen LogP contribution in [0.4, 0.5) is 5.13 Å². The summed E-state index contributed by atoms with van der Waals surface area (Å²) in [4.78, 5) is 32.4. The van der Waals surface area contributed by atoms with Crippen LogP contribution < -0.4 is 10.1 Å². The number of anilines is 1. The highest BCUT2D eigenvalue weighted by molar-refractivity contribution is 7.22. The van der Waals surface area contributed by atoms with E-state index >= 15 is 0 Å². The average molecular weight is 355 g/mol. The van der Waals surface area contributed by atoms with Gasteiger partial charge in [0.05, 0.1) is 11.8 Å². The van der Waals surface area contributed by atoms with Crippen LogP contribution in [0.15, 0.2) is 18.2 Å². The zero-order valence-corrected chi connectivity index (χ0v) is 14.8. The van der Waals surface area contributed by atoms with Crippen LogP contribution >= 0.6 is 11.3 Å². The van der Waals surface area contributed by atoms with E-state index in [9.17, 15) is 9.59 Å². The minimum absolute atomic E-state index is 0.110. The number of fused-ring (bicyclic) bond motifs is 2. The molecule has 2 N–H and O–H groups in total. The maximum absolute atomic E-state index is 12.7. The van der Waals surface area contributed by atoms with Gasteiger partial charge in [0.25, 0.3) is 5.91 Å². The maximum Gasteiger partial charge on any atom is 0.274 e. The second kappa shape index (κ2) is 6.00. The van der Waals surface area contributed by atoms with Gasteiger partial charge in [0.1, 0.15) is 17.0 Å². The molecule has 1 aliphatic rings. The lowest BCUT2D eigenvalue weighted by Gasteiger charge is -2.09. The third kappa shape index (κ3) is 2.60. The summed E-state index contributed by atoms with van der Waals surface area (Å²) < 4.78 is 6.24. The number of ketones is 1. The first-order valence-electron chi connectivity index (χ1n) is 8.08. The first kappa shape index (κ1) is 15.8. The molecule has 6 nitrogen and oxygen atoms in total. The van der Waals surface area contributed by atoms with Crippen LogP contribution in [0.2, 0.25) is 0 Å². The second-order valence-electron chi connectivity index (χ2n) is 6.04. The molecule has 2 heterocycles. The predicted molar refractivity (Wildman–Crippen MR) is 96.9 cm³/mol.